The predicted octanol–water partition coefficient (Wildman–Crippen LogP) is 3.54. The maximum absolute atomic E-state index is 12.6. The van der Waals surface area contributed by atoms with Gasteiger partial charge in [0.25, 0.3) is 5.91 Å². The van der Waals surface area contributed by atoms with E-state index >= 15 is 0 Å². The summed E-state index contributed by atoms with van der Waals surface area (Å²) in [5.41, 5.74) is 2.41. The van der Waals surface area contributed by atoms with Crippen LogP contribution in [0.3, 0.4) is 0 Å². The highest BCUT2D eigenvalue weighted by molar-refractivity contribution is 7.22. The molecule has 9 nitrogen and oxygen atoms in total. The molecule has 2 aromatic carbocycles. The number of anilines is 2. The van der Waals surface area contributed by atoms with Gasteiger partial charge in [-0.3, -0.25) is 4.79 Å². The Hall–Kier alpha value is -3.42. The summed E-state index contributed by atoms with van der Waals surface area (Å²) in [5.74, 6) is -0.0469. The zero-order valence-corrected chi connectivity index (χ0v) is 19.3. The summed E-state index contributed by atoms with van der Waals surface area (Å²) < 4.78 is 49.4. The van der Waals surface area contributed by atoms with E-state index in [1.807, 2.05) is 11.6 Å². The Bertz CT molecular complexity index is 1380. The van der Waals surface area contributed by atoms with E-state index in [2.05, 4.69) is 30.7 Å². The lowest BCUT2D eigenvalue weighted by Crippen LogP contribution is -2.45. The second-order valence-electron chi connectivity index (χ2n) is 7.93. The van der Waals surface area contributed by atoms with E-state index < -0.39 is 6.36 Å². The Morgan fingerprint density at radius 3 is 2.89 bits per heavy atom. The molecule has 1 saturated heterocycles. The molecule has 1 aliphatic rings. The van der Waals surface area contributed by atoms with Crippen molar-refractivity contribution in [3.05, 3.63) is 42.0 Å². The number of morpholine rings is 1. The third-order valence-electron chi connectivity index (χ3n) is 5.45. The molecule has 3 heterocycles. The van der Waals surface area contributed by atoms with Crippen LogP contribution in [0, 0.1) is 0 Å². The Morgan fingerprint density at radius 1 is 1.26 bits per heavy atom. The summed E-state index contributed by atoms with van der Waals surface area (Å²) >= 11 is 1.18. The maximum Gasteiger partial charge on any atom is 0.573 e. The minimum absolute atomic E-state index is 0.0630. The lowest BCUT2D eigenvalue weighted by atomic mass is 10.2. The van der Waals surface area contributed by atoms with Gasteiger partial charge in [-0.05, 0) is 30.3 Å². The van der Waals surface area contributed by atoms with E-state index in [1.165, 1.54) is 29.5 Å². The number of carbonyl (C=O) groups excluding carboxylic acids is 1. The first kappa shape index (κ1) is 23.3. The number of imidazole rings is 1. The molecule has 1 aliphatic heterocycles. The van der Waals surface area contributed by atoms with Crippen molar-refractivity contribution in [2.75, 3.05) is 31.6 Å². The minimum atomic E-state index is -4.76. The molecule has 3 N–H and O–H groups in total. The molecule has 0 bridgehead atoms. The van der Waals surface area contributed by atoms with Gasteiger partial charge >= 0.3 is 6.36 Å². The number of nitrogens with zero attached hydrogens (tertiary/aromatic N) is 3. The van der Waals surface area contributed by atoms with Gasteiger partial charge in [0.2, 0.25) is 5.95 Å². The number of thiazole rings is 1. The van der Waals surface area contributed by atoms with Crippen molar-refractivity contribution >= 4 is 49.6 Å². The molecule has 5 rings (SSSR count). The number of ether oxygens (including phenoxy) is 2. The maximum atomic E-state index is 12.6. The van der Waals surface area contributed by atoms with E-state index in [0.717, 1.165) is 12.1 Å². The number of aryl methyl sites for hydroxylation is 1. The molecule has 0 radical (unpaired) electrons. The van der Waals surface area contributed by atoms with Gasteiger partial charge < -0.3 is 30.0 Å². The standard InChI is InChI=1S/C22H21F3N6O3S/c1-31-17-5-2-12(19(32)27-11-14-10-26-6-7-33-14)8-16(17)28-20(31)30-21-29-15-4-3-13(9-18(15)35-21)34-22(23,24)25/h2-5,8-9,14,26H,6-7,10-11H2,1H3,(H,27,32)(H,28,29,30). The summed E-state index contributed by atoms with van der Waals surface area (Å²) in [6.45, 7) is 2.53. The fraction of sp³-hybridized carbons (Fsp3) is 0.318. The van der Waals surface area contributed by atoms with Crippen molar-refractivity contribution in [3.63, 3.8) is 0 Å². The number of rotatable bonds is 6. The first-order valence-electron chi connectivity index (χ1n) is 10.8. The number of fused-ring (bicyclic) bond motifs is 2. The predicted molar refractivity (Wildman–Crippen MR) is 125 cm³/mol. The molecule has 1 amide bonds. The Morgan fingerprint density at radius 2 is 2.11 bits per heavy atom. The Labute approximate surface area is 201 Å². The number of alkyl halides is 3. The average Bonchev–Trinajstić information content (AvgIpc) is 3.36. The molecule has 1 unspecified atom stereocenters. The molecule has 1 fully saturated rings. The second-order valence-corrected chi connectivity index (χ2v) is 8.96. The minimum Gasteiger partial charge on any atom is -0.406 e. The van der Waals surface area contributed by atoms with Crippen LogP contribution >= 0.6 is 11.3 Å². The van der Waals surface area contributed by atoms with Gasteiger partial charge in [-0.2, -0.15) is 0 Å². The van der Waals surface area contributed by atoms with E-state index in [4.69, 9.17) is 4.74 Å². The first-order chi connectivity index (χ1) is 16.7. The highest BCUT2D eigenvalue weighted by Crippen LogP contribution is 2.33. The molecular weight excluding hydrogens is 485 g/mol. The van der Waals surface area contributed by atoms with Crippen LogP contribution in [0.5, 0.6) is 5.75 Å². The lowest BCUT2D eigenvalue weighted by Gasteiger charge is -2.23. The normalized spacial score (nSPS) is 16.5. The Balaban J connectivity index is 1.32. The van der Waals surface area contributed by atoms with Crippen LogP contribution in [0.2, 0.25) is 0 Å². The van der Waals surface area contributed by atoms with Gasteiger partial charge in [-0.25, -0.2) is 9.97 Å². The molecule has 184 valence electrons. The highest BCUT2D eigenvalue weighted by Gasteiger charge is 2.31. The van der Waals surface area contributed by atoms with Crippen molar-refractivity contribution in [2.24, 2.45) is 7.05 Å². The Kier molecular flexibility index (Phi) is 6.21. The van der Waals surface area contributed by atoms with E-state index in [-0.39, 0.29) is 17.8 Å². The quantitative estimate of drug-likeness (QED) is 0.368. The van der Waals surface area contributed by atoms with Gasteiger partial charge in [0, 0.05) is 38.3 Å². The highest BCUT2D eigenvalue weighted by atomic mass is 32.1. The summed E-state index contributed by atoms with van der Waals surface area (Å²) in [6, 6.07) is 9.21. The molecule has 4 aromatic rings. The lowest BCUT2D eigenvalue weighted by molar-refractivity contribution is -0.274. The van der Waals surface area contributed by atoms with Crippen molar-refractivity contribution in [1.29, 1.82) is 0 Å². The molecule has 1 atom stereocenters. The summed E-state index contributed by atoms with van der Waals surface area (Å²) in [7, 11) is 1.81. The van der Waals surface area contributed by atoms with E-state index in [1.54, 1.807) is 18.2 Å². The number of hydrogen-bond acceptors (Lipinski definition) is 8. The van der Waals surface area contributed by atoms with E-state index in [0.29, 0.717) is 52.1 Å². The van der Waals surface area contributed by atoms with Gasteiger partial charge in [-0.1, -0.05) is 11.3 Å². The van der Waals surface area contributed by atoms with Gasteiger partial charge in [0.15, 0.2) is 5.13 Å². The van der Waals surface area contributed by atoms with Crippen molar-refractivity contribution in [2.45, 2.75) is 12.5 Å². The molecule has 0 spiro atoms. The number of amides is 1. The van der Waals surface area contributed by atoms with Crippen LogP contribution in [-0.2, 0) is 11.8 Å². The van der Waals surface area contributed by atoms with E-state index in [9.17, 15) is 18.0 Å². The number of nitrogens with one attached hydrogen (secondary N) is 3. The van der Waals surface area contributed by atoms with Crippen molar-refractivity contribution < 1.29 is 27.4 Å². The molecule has 0 saturated carbocycles. The topological polar surface area (TPSA) is 102 Å². The SMILES string of the molecule is Cn1c(Nc2nc3ccc(OC(F)(F)F)cc3s2)nc2cc(C(=O)NCC3CNCCO3)ccc21. The number of halogens is 3. The van der Waals surface area contributed by atoms with Gasteiger partial charge in [-0.15, -0.1) is 13.2 Å². The summed E-state index contributed by atoms with van der Waals surface area (Å²) in [6.07, 6.45) is -4.82. The molecular formula is C22H21F3N6O3S. The third kappa shape index (κ3) is 5.31. The van der Waals surface area contributed by atoms with Crippen LogP contribution in [-0.4, -0.2) is 59.1 Å². The van der Waals surface area contributed by atoms with Crippen LogP contribution in [0.15, 0.2) is 36.4 Å². The van der Waals surface area contributed by atoms with Crippen molar-refractivity contribution in [3.8, 4) is 5.75 Å². The van der Waals surface area contributed by atoms with Gasteiger partial charge in [0.05, 0.1) is 34.0 Å². The van der Waals surface area contributed by atoms with Crippen LogP contribution in [0.1, 0.15) is 10.4 Å². The molecule has 0 aliphatic carbocycles. The van der Waals surface area contributed by atoms with Crippen LogP contribution in [0.25, 0.3) is 21.3 Å². The van der Waals surface area contributed by atoms with Gasteiger partial charge in [0.1, 0.15) is 5.75 Å². The number of benzene rings is 2. The van der Waals surface area contributed by atoms with Crippen LogP contribution < -0.4 is 20.7 Å². The zero-order valence-electron chi connectivity index (χ0n) is 18.5. The first-order valence-corrected chi connectivity index (χ1v) is 11.6. The third-order valence-corrected chi connectivity index (χ3v) is 6.38. The zero-order chi connectivity index (χ0) is 24.6. The largest absolute Gasteiger partial charge is 0.573 e. The molecule has 13 heteroatoms. The summed E-state index contributed by atoms with van der Waals surface area (Å²) in [5, 5.41) is 9.67. The fourth-order valence-corrected chi connectivity index (χ4v) is 4.65. The monoisotopic (exact) mass is 506 g/mol. The molecule has 2 aromatic heterocycles. The number of aromatic nitrogens is 3. The number of hydrogen-bond donors (Lipinski definition) is 3. The second kappa shape index (κ2) is 9.32. The van der Waals surface area contributed by atoms with Crippen molar-refractivity contribution in [1.82, 2.24) is 25.2 Å². The number of carbonyl (C=O) groups is 1. The smallest absolute Gasteiger partial charge is 0.406 e. The average molecular weight is 507 g/mol. The fourth-order valence-electron chi connectivity index (χ4n) is 3.76. The molecule has 35 heavy (non-hydrogen) atoms. The van der Waals surface area contributed by atoms with Crippen LogP contribution in [0.4, 0.5) is 24.3 Å². The summed E-state index contributed by atoms with van der Waals surface area (Å²) in [4.78, 5) is 21.6.